The monoisotopic (exact) mass is 393 g/mol. The average molecular weight is 393 g/mol. The Kier molecular flexibility index (Phi) is 6.07. The lowest BCUT2D eigenvalue weighted by atomic mass is 10.1. The van der Waals surface area contributed by atoms with Gasteiger partial charge in [-0.1, -0.05) is 17.8 Å². The van der Waals surface area contributed by atoms with E-state index < -0.39 is 17.1 Å². The number of carboxylic acids is 1. The lowest BCUT2D eigenvalue weighted by Gasteiger charge is -2.34. The molecular formula is C17H20FN5O3S. The Morgan fingerprint density at radius 1 is 1.41 bits per heavy atom. The first-order valence-corrected chi connectivity index (χ1v) is 9.34. The summed E-state index contributed by atoms with van der Waals surface area (Å²) in [6.07, 6.45) is 1.20. The zero-order valence-electron chi connectivity index (χ0n) is 14.8. The molecule has 0 bridgehead atoms. The minimum atomic E-state index is -1.05. The third kappa shape index (κ3) is 5.04. The molecule has 144 valence electrons. The highest BCUT2D eigenvalue weighted by atomic mass is 32.2. The van der Waals surface area contributed by atoms with Gasteiger partial charge in [-0.3, -0.25) is 9.59 Å². The number of nitrogens with zero attached hydrogens (tertiary/aromatic N) is 4. The summed E-state index contributed by atoms with van der Waals surface area (Å²) >= 11 is 1.03. The van der Waals surface area contributed by atoms with E-state index in [0.29, 0.717) is 11.3 Å². The van der Waals surface area contributed by atoms with E-state index in [1.165, 1.54) is 12.3 Å². The predicted molar refractivity (Wildman–Crippen MR) is 103 cm³/mol. The van der Waals surface area contributed by atoms with E-state index >= 15 is 0 Å². The van der Waals surface area contributed by atoms with Gasteiger partial charge in [0, 0.05) is 26.2 Å². The number of hydrogen-bond donors (Lipinski definition) is 2. The van der Waals surface area contributed by atoms with Crippen LogP contribution in [0.15, 0.2) is 28.4 Å². The van der Waals surface area contributed by atoms with Gasteiger partial charge in [0.1, 0.15) is 11.1 Å². The summed E-state index contributed by atoms with van der Waals surface area (Å²) in [4.78, 5) is 26.6. The molecule has 1 amide bonds. The maximum Gasteiger partial charge on any atom is 0.305 e. The molecule has 2 aliphatic rings. The maximum absolute atomic E-state index is 14.2. The van der Waals surface area contributed by atoms with E-state index in [-0.39, 0.29) is 17.4 Å². The first-order valence-electron chi connectivity index (χ1n) is 8.46. The third-order valence-corrected chi connectivity index (χ3v) is 5.38. The minimum Gasteiger partial charge on any atom is -0.481 e. The molecule has 1 unspecified atom stereocenters. The van der Waals surface area contributed by atoms with Crippen LogP contribution < -0.4 is 10.2 Å². The van der Waals surface area contributed by atoms with E-state index in [1.807, 2.05) is 11.9 Å². The number of halogens is 1. The number of hydrogen-bond acceptors (Lipinski definition) is 7. The van der Waals surface area contributed by atoms with E-state index in [1.54, 1.807) is 12.1 Å². The van der Waals surface area contributed by atoms with E-state index in [0.717, 1.165) is 37.9 Å². The number of aliphatic carboxylic acids is 1. The van der Waals surface area contributed by atoms with Gasteiger partial charge in [0.25, 0.3) is 0 Å². The summed E-state index contributed by atoms with van der Waals surface area (Å²) in [5, 5.41) is 18.7. The quantitative estimate of drug-likeness (QED) is 0.572. The molecule has 0 aliphatic carbocycles. The van der Waals surface area contributed by atoms with Gasteiger partial charge in [0.05, 0.1) is 18.3 Å². The first-order chi connectivity index (χ1) is 12.9. The van der Waals surface area contributed by atoms with Crippen LogP contribution >= 0.6 is 11.8 Å². The Hall–Kier alpha value is -2.46. The number of likely N-dealkylation sites (N-methyl/N-ethyl adjacent to an activating group) is 1. The highest BCUT2D eigenvalue weighted by Gasteiger charge is 2.32. The molecular weight excluding hydrogens is 373 g/mol. The van der Waals surface area contributed by atoms with Crippen LogP contribution in [0.3, 0.4) is 0 Å². The second-order valence-corrected chi connectivity index (χ2v) is 7.54. The molecule has 2 heterocycles. The van der Waals surface area contributed by atoms with Crippen LogP contribution in [0, 0.1) is 5.82 Å². The van der Waals surface area contributed by atoms with Crippen molar-refractivity contribution in [3.8, 4) is 0 Å². The molecule has 27 heavy (non-hydrogen) atoms. The van der Waals surface area contributed by atoms with Crippen LogP contribution in [0.1, 0.15) is 12.0 Å². The fourth-order valence-electron chi connectivity index (χ4n) is 2.79. The third-order valence-electron chi connectivity index (χ3n) is 4.31. The molecule has 8 nitrogen and oxygen atoms in total. The second kappa shape index (κ2) is 8.49. The fraction of sp³-hybridized carbons (Fsp3) is 0.412. The molecule has 2 aliphatic heterocycles. The zero-order valence-corrected chi connectivity index (χ0v) is 15.6. The van der Waals surface area contributed by atoms with Crippen LogP contribution in [0.25, 0.3) is 0 Å². The van der Waals surface area contributed by atoms with Gasteiger partial charge >= 0.3 is 5.97 Å². The summed E-state index contributed by atoms with van der Waals surface area (Å²) < 4.78 is 14.2. The predicted octanol–water partition coefficient (Wildman–Crippen LogP) is 0.974. The van der Waals surface area contributed by atoms with Gasteiger partial charge in [0.15, 0.2) is 5.17 Å². The number of carboxylic acid groups (broad SMARTS) is 1. The van der Waals surface area contributed by atoms with Gasteiger partial charge in [-0.2, -0.15) is 5.10 Å². The summed E-state index contributed by atoms with van der Waals surface area (Å²) in [6.45, 7) is 3.26. The molecule has 10 heteroatoms. The minimum absolute atomic E-state index is 0.254. The Morgan fingerprint density at radius 3 is 2.85 bits per heavy atom. The number of benzene rings is 1. The standard InChI is InChI=1S/C17H20FN5O3S/c1-22-4-6-23(7-5-22)13-8-11(2-3-12(13)18)10-19-21-17-20-16(26)14(27-17)9-15(24)25/h2-3,8,10,14H,4-7,9H2,1H3,(H,24,25)(H,20,21,26). The Morgan fingerprint density at radius 2 is 2.15 bits per heavy atom. The normalized spacial score (nSPS) is 22.6. The molecule has 0 radical (unpaired) electrons. The van der Waals surface area contributed by atoms with Gasteiger partial charge < -0.3 is 20.2 Å². The summed E-state index contributed by atoms with van der Waals surface area (Å²) in [5.74, 6) is -1.72. The number of anilines is 1. The molecule has 2 N–H and O–H groups in total. The van der Waals surface area contributed by atoms with E-state index in [4.69, 9.17) is 5.11 Å². The zero-order chi connectivity index (χ0) is 19.4. The number of nitrogens with one attached hydrogen (secondary N) is 1. The van der Waals surface area contributed by atoms with E-state index in [9.17, 15) is 14.0 Å². The molecule has 0 saturated carbocycles. The van der Waals surface area contributed by atoms with Crippen LogP contribution in [0.5, 0.6) is 0 Å². The second-order valence-electron chi connectivity index (χ2n) is 6.34. The molecule has 2 saturated heterocycles. The fourth-order valence-corrected chi connectivity index (χ4v) is 3.71. The lowest BCUT2D eigenvalue weighted by molar-refractivity contribution is -0.138. The van der Waals surface area contributed by atoms with Crippen molar-refractivity contribution in [3.05, 3.63) is 29.6 Å². The van der Waals surface area contributed by atoms with Crippen LogP contribution in [-0.2, 0) is 9.59 Å². The van der Waals surface area contributed by atoms with Crippen molar-refractivity contribution >= 4 is 40.7 Å². The van der Waals surface area contributed by atoms with Gasteiger partial charge in [-0.25, -0.2) is 4.39 Å². The number of carbonyl (C=O) groups is 2. The highest BCUT2D eigenvalue weighted by Crippen LogP contribution is 2.23. The average Bonchev–Trinajstić information content (AvgIpc) is 2.96. The maximum atomic E-state index is 14.2. The van der Waals surface area contributed by atoms with Crippen molar-refractivity contribution in [2.24, 2.45) is 10.2 Å². The molecule has 1 aromatic carbocycles. The van der Waals surface area contributed by atoms with Gasteiger partial charge in [-0.15, -0.1) is 5.10 Å². The van der Waals surface area contributed by atoms with Crippen LogP contribution in [0.2, 0.25) is 0 Å². The number of piperazine rings is 1. The van der Waals surface area contributed by atoms with Crippen molar-refractivity contribution in [2.75, 3.05) is 38.1 Å². The molecule has 0 spiro atoms. The first kappa shape index (κ1) is 19.3. The van der Waals surface area contributed by atoms with Crippen LogP contribution in [-0.4, -0.2) is 71.7 Å². The molecule has 3 rings (SSSR count). The van der Waals surface area contributed by atoms with Crippen molar-refractivity contribution < 1.29 is 19.1 Å². The van der Waals surface area contributed by atoms with Gasteiger partial charge in [0.2, 0.25) is 5.91 Å². The summed E-state index contributed by atoms with van der Waals surface area (Å²) in [5.41, 5.74) is 1.22. The number of thioether (sulfide) groups is 1. The highest BCUT2D eigenvalue weighted by molar-refractivity contribution is 8.15. The molecule has 1 atom stereocenters. The van der Waals surface area contributed by atoms with Crippen molar-refractivity contribution in [1.82, 2.24) is 10.2 Å². The number of rotatable bonds is 5. The Bertz CT molecular complexity index is 793. The number of amidine groups is 1. The van der Waals surface area contributed by atoms with Gasteiger partial charge in [-0.05, 0) is 24.7 Å². The number of carbonyl (C=O) groups excluding carboxylic acids is 1. The molecule has 0 aromatic heterocycles. The van der Waals surface area contributed by atoms with Crippen molar-refractivity contribution in [2.45, 2.75) is 11.7 Å². The summed E-state index contributed by atoms with van der Waals surface area (Å²) in [6, 6.07) is 4.72. The largest absolute Gasteiger partial charge is 0.481 e. The molecule has 2 fully saturated rings. The smallest absolute Gasteiger partial charge is 0.305 e. The topological polar surface area (TPSA) is 97.6 Å². The number of amides is 1. The molecule has 1 aromatic rings. The SMILES string of the molecule is CN1CCN(c2cc(C=NN=C3NC(=O)C(CC(=O)O)S3)ccc2F)CC1. The van der Waals surface area contributed by atoms with E-state index in [2.05, 4.69) is 20.4 Å². The lowest BCUT2D eigenvalue weighted by Crippen LogP contribution is -2.44. The van der Waals surface area contributed by atoms with Crippen LogP contribution in [0.4, 0.5) is 10.1 Å². The van der Waals surface area contributed by atoms with Crippen molar-refractivity contribution in [1.29, 1.82) is 0 Å². The Labute approximate surface area is 160 Å². The Balaban J connectivity index is 1.66. The van der Waals surface area contributed by atoms with Crippen molar-refractivity contribution in [3.63, 3.8) is 0 Å². The summed E-state index contributed by atoms with van der Waals surface area (Å²) in [7, 11) is 2.04.